The first-order chi connectivity index (χ1) is 13.1. The van der Waals surface area contributed by atoms with Crippen molar-refractivity contribution in [2.24, 2.45) is 0 Å². The summed E-state index contributed by atoms with van der Waals surface area (Å²) >= 11 is 1.99. The largest absolute Gasteiger partial charge is 0.464 e. The number of carbonyl (C=O) groups excluding carboxylic acids is 1. The Morgan fingerprint density at radius 3 is 2.85 bits per heavy atom. The fourth-order valence-corrected chi connectivity index (χ4v) is 5.64. The number of ether oxygens (including phenoxy) is 1. The number of furan rings is 1. The Balaban J connectivity index is 1.42. The van der Waals surface area contributed by atoms with Gasteiger partial charge in [-0.1, -0.05) is 12.1 Å². The topological polar surface area (TPSA) is 54.7 Å². The van der Waals surface area contributed by atoms with Crippen molar-refractivity contribution in [2.75, 3.05) is 44.4 Å². The Morgan fingerprint density at radius 1 is 1.30 bits per heavy atom. The second kappa shape index (κ2) is 7.86. The standard InChI is InChI=1S/C21H28N2O3S/c1-15-3-4-18-17(12-26-20(18)16(15)2)11-19(24)22-13-21(5-10-27-14-21)23-6-8-25-9-7-23/h3-4,12H,5-11,13-14H2,1-2H3,(H,22,24). The maximum absolute atomic E-state index is 12.7. The smallest absolute Gasteiger partial charge is 0.224 e. The third kappa shape index (κ3) is 3.75. The number of benzene rings is 1. The lowest BCUT2D eigenvalue weighted by Gasteiger charge is -2.43. The molecule has 0 bridgehead atoms. The Labute approximate surface area is 164 Å². The van der Waals surface area contributed by atoms with E-state index in [1.165, 1.54) is 5.56 Å². The van der Waals surface area contributed by atoms with Gasteiger partial charge in [-0.15, -0.1) is 0 Å². The second-order valence-electron chi connectivity index (χ2n) is 7.72. The molecule has 0 aliphatic carbocycles. The van der Waals surface area contributed by atoms with E-state index in [4.69, 9.17) is 9.15 Å². The van der Waals surface area contributed by atoms with Crippen LogP contribution in [0.15, 0.2) is 22.8 Å². The quantitative estimate of drug-likeness (QED) is 0.854. The van der Waals surface area contributed by atoms with E-state index < -0.39 is 0 Å². The Morgan fingerprint density at radius 2 is 2.11 bits per heavy atom. The molecule has 2 aliphatic rings. The SMILES string of the molecule is Cc1ccc2c(CC(=O)NCC3(N4CCOCC4)CCSC3)coc2c1C. The highest BCUT2D eigenvalue weighted by Gasteiger charge is 2.40. The van der Waals surface area contributed by atoms with E-state index >= 15 is 0 Å². The summed E-state index contributed by atoms with van der Waals surface area (Å²) in [7, 11) is 0. The predicted octanol–water partition coefficient (Wildman–Crippen LogP) is 2.92. The van der Waals surface area contributed by atoms with Crippen LogP contribution in [0.4, 0.5) is 0 Å². The Hall–Kier alpha value is -1.50. The van der Waals surface area contributed by atoms with E-state index in [0.717, 1.165) is 66.3 Å². The third-order valence-electron chi connectivity index (χ3n) is 6.07. The number of aryl methyl sites for hydroxylation is 2. The van der Waals surface area contributed by atoms with Gasteiger partial charge in [0.1, 0.15) is 5.58 Å². The molecule has 0 radical (unpaired) electrons. The van der Waals surface area contributed by atoms with Crippen molar-refractivity contribution in [1.29, 1.82) is 0 Å². The second-order valence-corrected chi connectivity index (χ2v) is 8.83. The number of morpholine rings is 1. The van der Waals surface area contributed by atoms with Crippen molar-refractivity contribution in [3.05, 3.63) is 35.1 Å². The molecule has 2 saturated heterocycles. The number of fused-ring (bicyclic) bond motifs is 1. The molecule has 1 aromatic carbocycles. The zero-order valence-corrected chi connectivity index (χ0v) is 17.0. The number of nitrogens with zero attached hydrogens (tertiary/aromatic N) is 1. The van der Waals surface area contributed by atoms with Gasteiger partial charge in [-0.3, -0.25) is 9.69 Å². The minimum atomic E-state index is 0.0699. The molecule has 27 heavy (non-hydrogen) atoms. The molecule has 1 amide bonds. The van der Waals surface area contributed by atoms with Gasteiger partial charge in [-0.2, -0.15) is 11.8 Å². The molecule has 5 nitrogen and oxygen atoms in total. The summed E-state index contributed by atoms with van der Waals surface area (Å²) in [6, 6.07) is 4.16. The van der Waals surface area contributed by atoms with Crippen molar-refractivity contribution in [1.82, 2.24) is 10.2 Å². The molecule has 6 heteroatoms. The lowest BCUT2D eigenvalue weighted by Crippen LogP contribution is -2.59. The molecule has 0 spiro atoms. The molecule has 1 N–H and O–H groups in total. The number of hydrogen-bond donors (Lipinski definition) is 1. The Bertz CT molecular complexity index is 820. The van der Waals surface area contributed by atoms with E-state index in [-0.39, 0.29) is 11.4 Å². The first-order valence-corrected chi connectivity index (χ1v) is 10.9. The summed E-state index contributed by atoms with van der Waals surface area (Å²) in [5, 5.41) is 4.26. The normalized spacial score (nSPS) is 23.8. The average Bonchev–Trinajstić information content (AvgIpc) is 3.32. The van der Waals surface area contributed by atoms with Crippen molar-refractivity contribution in [3.8, 4) is 0 Å². The summed E-state index contributed by atoms with van der Waals surface area (Å²) in [5.74, 6) is 2.32. The van der Waals surface area contributed by atoms with Gasteiger partial charge < -0.3 is 14.5 Å². The zero-order valence-electron chi connectivity index (χ0n) is 16.2. The molecular weight excluding hydrogens is 360 g/mol. The van der Waals surface area contributed by atoms with Gasteiger partial charge in [0.15, 0.2) is 0 Å². The van der Waals surface area contributed by atoms with E-state index in [2.05, 4.69) is 36.2 Å². The predicted molar refractivity (Wildman–Crippen MR) is 109 cm³/mol. The molecule has 1 aromatic heterocycles. The van der Waals surface area contributed by atoms with Crippen molar-refractivity contribution < 1.29 is 13.9 Å². The summed E-state index contributed by atoms with van der Waals surface area (Å²) in [4.78, 5) is 15.2. The van der Waals surface area contributed by atoms with Crippen molar-refractivity contribution in [3.63, 3.8) is 0 Å². The number of hydrogen-bond acceptors (Lipinski definition) is 5. The number of nitrogens with one attached hydrogen (secondary N) is 1. The highest BCUT2D eigenvalue weighted by atomic mass is 32.2. The lowest BCUT2D eigenvalue weighted by molar-refractivity contribution is -0.121. The third-order valence-corrected chi connectivity index (χ3v) is 7.31. The zero-order chi connectivity index (χ0) is 18.9. The molecule has 0 saturated carbocycles. The van der Waals surface area contributed by atoms with Crippen LogP contribution in [0, 0.1) is 13.8 Å². The maximum atomic E-state index is 12.7. The van der Waals surface area contributed by atoms with Gasteiger partial charge >= 0.3 is 0 Å². The van der Waals surface area contributed by atoms with Crippen LogP contribution in [-0.2, 0) is 16.0 Å². The molecule has 1 atom stereocenters. The molecule has 2 fully saturated rings. The van der Waals surface area contributed by atoms with Crippen molar-refractivity contribution in [2.45, 2.75) is 32.2 Å². The van der Waals surface area contributed by atoms with Crippen LogP contribution < -0.4 is 5.32 Å². The van der Waals surface area contributed by atoms with Gasteiger partial charge in [-0.25, -0.2) is 0 Å². The molecule has 2 aromatic rings. The van der Waals surface area contributed by atoms with Crippen LogP contribution in [0.5, 0.6) is 0 Å². The molecular formula is C21H28N2O3S. The van der Waals surface area contributed by atoms with E-state index in [1.807, 2.05) is 11.8 Å². The van der Waals surface area contributed by atoms with Gasteiger partial charge in [0, 0.05) is 41.9 Å². The number of carbonyl (C=O) groups is 1. The van der Waals surface area contributed by atoms with Crippen LogP contribution in [0.25, 0.3) is 11.0 Å². The summed E-state index contributed by atoms with van der Waals surface area (Å²) in [5.41, 5.74) is 4.30. The van der Waals surface area contributed by atoms with Crippen LogP contribution in [-0.4, -0.2) is 60.7 Å². The number of thioether (sulfide) groups is 1. The maximum Gasteiger partial charge on any atom is 0.224 e. The van der Waals surface area contributed by atoms with E-state index in [1.54, 1.807) is 6.26 Å². The van der Waals surface area contributed by atoms with Gasteiger partial charge in [0.2, 0.25) is 5.91 Å². The summed E-state index contributed by atoms with van der Waals surface area (Å²) in [6.07, 6.45) is 3.23. The average molecular weight is 389 g/mol. The first-order valence-electron chi connectivity index (χ1n) is 9.73. The minimum absolute atomic E-state index is 0.0699. The molecule has 4 rings (SSSR count). The van der Waals surface area contributed by atoms with E-state index in [0.29, 0.717) is 13.0 Å². The molecule has 1 unspecified atom stereocenters. The van der Waals surface area contributed by atoms with E-state index in [9.17, 15) is 4.79 Å². The number of amides is 1. The fourth-order valence-electron chi connectivity index (χ4n) is 4.16. The summed E-state index contributed by atoms with van der Waals surface area (Å²) < 4.78 is 11.3. The summed E-state index contributed by atoms with van der Waals surface area (Å²) in [6.45, 7) is 8.36. The van der Waals surface area contributed by atoms with Crippen LogP contribution in [0.2, 0.25) is 0 Å². The highest BCUT2D eigenvalue weighted by molar-refractivity contribution is 7.99. The molecule has 3 heterocycles. The van der Waals surface area contributed by atoms with Crippen LogP contribution in [0.1, 0.15) is 23.1 Å². The minimum Gasteiger partial charge on any atom is -0.464 e. The Kier molecular flexibility index (Phi) is 5.48. The van der Waals surface area contributed by atoms with Gasteiger partial charge in [0.25, 0.3) is 0 Å². The fraction of sp³-hybridized carbons (Fsp3) is 0.571. The van der Waals surface area contributed by atoms with Crippen molar-refractivity contribution >= 4 is 28.6 Å². The van der Waals surface area contributed by atoms with Gasteiger partial charge in [-0.05, 0) is 37.1 Å². The van der Waals surface area contributed by atoms with Crippen LogP contribution >= 0.6 is 11.8 Å². The highest BCUT2D eigenvalue weighted by Crippen LogP contribution is 2.33. The molecule has 2 aliphatic heterocycles. The number of rotatable bonds is 5. The van der Waals surface area contributed by atoms with Gasteiger partial charge in [0.05, 0.1) is 25.9 Å². The molecule has 146 valence electrons. The van der Waals surface area contributed by atoms with Crippen LogP contribution in [0.3, 0.4) is 0 Å². The lowest BCUT2D eigenvalue weighted by atomic mass is 9.95. The first kappa shape index (κ1) is 18.8. The monoisotopic (exact) mass is 388 g/mol.